The Bertz CT molecular complexity index is 815. The summed E-state index contributed by atoms with van der Waals surface area (Å²) in [6.45, 7) is 3.97. The maximum Gasteiger partial charge on any atom is 0.338 e. The van der Waals surface area contributed by atoms with Gasteiger partial charge in [-0.1, -0.05) is 34.1 Å². The summed E-state index contributed by atoms with van der Waals surface area (Å²) < 4.78 is 6.13. The molecule has 24 heavy (non-hydrogen) atoms. The molecule has 0 fully saturated rings. The van der Waals surface area contributed by atoms with E-state index in [4.69, 9.17) is 9.73 Å². The molecule has 0 saturated heterocycles. The van der Waals surface area contributed by atoms with Gasteiger partial charge in [0.25, 0.3) is 0 Å². The Morgan fingerprint density at radius 1 is 1.42 bits per heavy atom. The van der Waals surface area contributed by atoms with Gasteiger partial charge in [-0.15, -0.1) is 11.3 Å². The summed E-state index contributed by atoms with van der Waals surface area (Å²) in [4.78, 5) is 21.5. The number of nitrogens with one attached hydrogen (secondary N) is 1. The largest absolute Gasteiger partial charge is 0.463 e. The summed E-state index contributed by atoms with van der Waals surface area (Å²) in [6, 6.07) is 7.31. The number of hydrogen-bond donors (Lipinski definition) is 1. The lowest BCUT2D eigenvalue weighted by atomic mass is 9.96. The lowest BCUT2D eigenvalue weighted by molar-refractivity contribution is -0.138. The number of carbonyl (C=O) groups excluding carboxylic acids is 1. The SMILES string of the molecule is CCOC(=O)C1=C(C)NC(c2nccs2)=NC1c1ccccc1Br. The van der Waals surface area contributed by atoms with E-state index >= 15 is 0 Å². The highest BCUT2D eigenvalue weighted by molar-refractivity contribution is 9.10. The molecule has 0 amide bonds. The minimum absolute atomic E-state index is 0.321. The number of aromatic nitrogens is 1. The van der Waals surface area contributed by atoms with Crippen LogP contribution < -0.4 is 5.32 Å². The fourth-order valence-electron chi connectivity index (χ4n) is 2.52. The molecule has 124 valence electrons. The van der Waals surface area contributed by atoms with Gasteiger partial charge >= 0.3 is 5.97 Å². The summed E-state index contributed by atoms with van der Waals surface area (Å²) in [6.07, 6.45) is 1.73. The molecule has 0 radical (unpaired) electrons. The van der Waals surface area contributed by atoms with Crippen LogP contribution in [0.5, 0.6) is 0 Å². The number of thiazole rings is 1. The van der Waals surface area contributed by atoms with Crippen molar-refractivity contribution < 1.29 is 9.53 Å². The van der Waals surface area contributed by atoms with Crippen LogP contribution >= 0.6 is 27.3 Å². The van der Waals surface area contributed by atoms with Crippen LogP contribution in [0.2, 0.25) is 0 Å². The average Bonchev–Trinajstić information content (AvgIpc) is 3.09. The van der Waals surface area contributed by atoms with Gasteiger partial charge in [-0.2, -0.15) is 0 Å². The van der Waals surface area contributed by atoms with E-state index in [9.17, 15) is 4.79 Å². The number of esters is 1. The van der Waals surface area contributed by atoms with Gasteiger partial charge in [-0.05, 0) is 25.5 Å². The van der Waals surface area contributed by atoms with E-state index in [0.717, 1.165) is 20.7 Å². The zero-order chi connectivity index (χ0) is 17.1. The monoisotopic (exact) mass is 405 g/mol. The second-order valence-corrected chi connectivity index (χ2v) is 6.87. The minimum Gasteiger partial charge on any atom is -0.463 e. The lowest BCUT2D eigenvalue weighted by Crippen LogP contribution is -2.32. The third-order valence-corrected chi connectivity index (χ3v) is 5.07. The Kier molecular flexibility index (Phi) is 5.11. The lowest BCUT2D eigenvalue weighted by Gasteiger charge is -2.26. The standard InChI is InChI=1S/C17H16BrN3O2S/c1-3-23-17(22)13-10(2)20-15(16-19-8-9-24-16)21-14(13)11-6-4-5-7-12(11)18/h4-9,14H,3H2,1-2H3,(H,20,21). The van der Waals surface area contributed by atoms with Gasteiger partial charge in [-0.25, -0.2) is 9.78 Å². The van der Waals surface area contributed by atoms with Crippen LogP contribution in [0.15, 0.2) is 56.6 Å². The summed E-state index contributed by atoms with van der Waals surface area (Å²) in [7, 11) is 0. The second kappa shape index (κ2) is 7.27. The van der Waals surface area contributed by atoms with Crippen LogP contribution in [-0.4, -0.2) is 23.4 Å². The molecule has 3 rings (SSSR count). The highest BCUT2D eigenvalue weighted by Crippen LogP contribution is 2.36. The molecule has 0 bridgehead atoms. The Morgan fingerprint density at radius 2 is 2.21 bits per heavy atom. The van der Waals surface area contributed by atoms with E-state index < -0.39 is 6.04 Å². The second-order valence-electron chi connectivity index (χ2n) is 5.12. The van der Waals surface area contributed by atoms with Gasteiger partial charge < -0.3 is 10.1 Å². The normalized spacial score (nSPS) is 17.3. The first-order valence-corrected chi connectivity index (χ1v) is 9.16. The number of allylic oxidation sites excluding steroid dienone is 1. The van der Waals surface area contributed by atoms with Crippen molar-refractivity contribution in [2.45, 2.75) is 19.9 Å². The number of aliphatic imine (C=N–C) groups is 1. The number of halogens is 1. The van der Waals surface area contributed by atoms with Crippen LogP contribution in [-0.2, 0) is 9.53 Å². The number of rotatable bonds is 4. The molecule has 1 aliphatic rings. The van der Waals surface area contributed by atoms with Crippen molar-refractivity contribution >= 4 is 39.1 Å². The maximum absolute atomic E-state index is 12.5. The van der Waals surface area contributed by atoms with Crippen LogP contribution in [0.25, 0.3) is 0 Å². The van der Waals surface area contributed by atoms with Crippen molar-refractivity contribution in [3.05, 3.63) is 62.2 Å². The highest BCUT2D eigenvalue weighted by Gasteiger charge is 2.32. The number of ether oxygens (including phenoxy) is 1. The van der Waals surface area contributed by atoms with Gasteiger partial charge in [0.15, 0.2) is 10.8 Å². The van der Waals surface area contributed by atoms with E-state index in [-0.39, 0.29) is 5.97 Å². The van der Waals surface area contributed by atoms with Crippen molar-refractivity contribution in [3.63, 3.8) is 0 Å². The van der Waals surface area contributed by atoms with E-state index in [0.29, 0.717) is 18.0 Å². The first-order chi connectivity index (χ1) is 11.6. The van der Waals surface area contributed by atoms with Crippen molar-refractivity contribution in [1.29, 1.82) is 0 Å². The number of nitrogens with zero attached hydrogens (tertiary/aromatic N) is 2. The Balaban J connectivity index is 2.10. The number of amidine groups is 1. The number of benzene rings is 1. The van der Waals surface area contributed by atoms with Gasteiger partial charge in [0.1, 0.15) is 6.04 Å². The molecule has 1 aromatic carbocycles. The summed E-state index contributed by atoms with van der Waals surface area (Å²) in [5, 5.41) is 5.87. The molecular weight excluding hydrogens is 390 g/mol. The first-order valence-electron chi connectivity index (χ1n) is 7.48. The number of carbonyl (C=O) groups is 1. The molecular formula is C17H16BrN3O2S. The predicted octanol–water partition coefficient (Wildman–Crippen LogP) is 3.83. The van der Waals surface area contributed by atoms with Crippen molar-refractivity contribution in [2.24, 2.45) is 4.99 Å². The van der Waals surface area contributed by atoms with Crippen LogP contribution in [0, 0.1) is 0 Å². The third-order valence-electron chi connectivity index (χ3n) is 3.57. The zero-order valence-electron chi connectivity index (χ0n) is 13.2. The first kappa shape index (κ1) is 16.9. The molecule has 0 aliphatic carbocycles. The van der Waals surface area contributed by atoms with Gasteiger partial charge in [-0.3, -0.25) is 4.99 Å². The van der Waals surface area contributed by atoms with E-state index in [1.165, 1.54) is 11.3 Å². The fourth-order valence-corrected chi connectivity index (χ4v) is 3.61. The van der Waals surface area contributed by atoms with E-state index in [1.807, 2.05) is 36.6 Å². The van der Waals surface area contributed by atoms with Crippen LogP contribution in [0.1, 0.15) is 30.5 Å². The molecule has 0 spiro atoms. The molecule has 1 aliphatic heterocycles. The van der Waals surface area contributed by atoms with Crippen molar-refractivity contribution in [1.82, 2.24) is 10.3 Å². The van der Waals surface area contributed by atoms with Crippen LogP contribution in [0.3, 0.4) is 0 Å². The molecule has 1 atom stereocenters. The van der Waals surface area contributed by atoms with E-state index in [1.54, 1.807) is 13.1 Å². The summed E-state index contributed by atoms with van der Waals surface area (Å²) in [5.41, 5.74) is 2.16. The van der Waals surface area contributed by atoms with Crippen LogP contribution in [0.4, 0.5) is 0 Å². The van der Waals surface area contributed by atoms with Gasteiger partial charge in [0.2, 0.25) is 0 Å². The quantitative estimate of drug-likeness (QED) is 0.784. The predicted molar refractivity (Wildman–Crippen MR) is 98.0 cm³/mol. The van der Waals surface area contributed by atoms with E-state index in [2.05, 4.69) is 26.2 Å². The molecule has 5 nitrogen and oxygen atoms in total. The Morgan fingerprint density at radius 3 is 2.88 bits per heavy atom. The zero-order valence-corrected chi connectivity index (χ0v) is 15.6. The third kappa shape index (κ3) is 3.27. The Hall–Kier alpha value is -1.99. The molecule has 2 heterocycles. The van der Waals surface area contributed by atoms with Gasteiger partial charge in [0, 0.05) is 21.7 Å². The molecule has 1 N–H and O–H groups in total. The minimum atomic E-state index is -0.445. The topological polar surface area (TPSA) is 63.6 Å². The average molecular weight is 406 g/mol. The van der Waals surface area contributed by atoms with Crippen molar-refractivity contribution in [2.75, 3.05) is 6.61 Å². The van der Waals surface area contributed by atoms with Crippen molar-refractivity contribution in [3.8, 4) is 0 Å². The summed E-state index contributed by atoms with van der Waals surface area (Å²) in [5.74, 6) is 0.307. The summed E-state index contributed by atoms with van der Waals surface area (Å²) >= 11 is 5.06. The fraction of sp³-hybridized carbons (Fsp3) is 0.235. The highest BCUT2D eigenvalue weighted by atomic mass is 79.9. The Labute approximate surface area is 152 Å². The molecule has 7 heteroatoms. The molecule has 1 aromatic heterocycles. The maximum atomic E-state index is 12.5. The van der Waals surface area contributed by atoms with Gasteiger partial charge in [0.05, 0.1) is 12.2 Å². The molecule has 1 unspecified atom stereocenters. The molecule has 0 saturated carbocycles. The number of hydrogen-bond acceptors (Lipinski definition) is 6. The smallest absolute Gasteiger partial charge is 0.338 e. The molecule has 2 aromatic rings.